The van der Waals surface area contributed by atoms with Gasteiger partial charge in [-0.2, -0.15) is 5.10 Å². The van der Waals surface area contributed by atoms with Gasteiger partial charge in [0.2, 0.25) is 11.8 Å². The van der Waals surface area contributed by atoms with Crippen LogP contribution in [0.25, 0.3) is 10.8 Å². The van der Waals surface area contributed by atoms with Crippen LogP contribution in [0.4, 0.5) is 5.69 Å². The number of hydrazone groups is 1. The van der Waals surface area contributed by atoms with Crippen molar-refractivity contribution in [1.82, 2.24) is 5.43 Å². The number of carbonyl (C=O) groups excluding carboxylic acids is 2. The summed E-state index contributed by atoms with van der Waals surface area (Å²) in [5.41, 5.74) is 3.56. The standard InChI is InChI=1S/C21H18BrN3O3/c22-15-5-3-6-16(12-15)24-20(27)10-11-21(28)25-23-13-18-17-7-2-1-4-14(17)8-9-19(18)26/h1-9,12-13,26H,10-11H2,(H,24,27)(H,25,28)/b23-13+. The normalized spacial score (nSPS) is 10.9. The van der Waals surface area contributed by atoms with Crippen molar-refractivity contribution in [3.8, 4) is 5.75 Å². The summed E-state index contributed by atoms with van der Waals surface area (Å²) in [5, 5.41) is 18.5. The molecule has 7 heteroatoms. The number of nitrogens with one attached hydrogen (secondary N) is 2. The average molecular weight is 440 g/mol. The molecule has 0 aliphatic heterocycles. The number of amides is 2. The van der Waals surface area contributed by atoms with Gasteiger partial charge < -0.3 is 10.4 Å². The predicted molar refractivity (Wildman–Crippen MR) is 113 cm³/mol. The number of anilines is 1. The Balaban J connectivity index is 1.53. The van der Waals surface area contributed by atoms with Gasteiger partial charge in [-0.3, -0.25) is 9.59 Å². The molecule has 3 N–H and O–H groups in total. The van der Waals surface area contributed by atoms with Crippen molar-refractivity contribution in [3.05, 3.63) is 70.7 Å². The Morgan fingerprint density at radius 2 is 1.79 bits per heavy atom. The first-order valence-corrected chi connectivity index (χ1v) is 9.40. The van der Waals surface area contributed by atoms with Gasteiger partial charge in [0.1, 0.15) is 5.75 Å². The highest BCUT2D eigenvalue weighted by Crippen LogP contribution is 2.25. The molecule has 3 rings (SSSR count). The molecule has 0 aromatic heterocycles. The van der Waals surface area contributed by atoms with Crippen LogP contribution in [-0.4, -0.2) is 23.1 Å². The largest absolute Gasteiger partial charge is 0.507 e. The first kappa shape index (κ1) is 19.6. The monoisotopic (exact) mass is 439 g/mol. The minimum absolute atomic E-state index is 0.00129. The molecule has 0 heterocycles. The Hall–Kier alpha value is -3.19. The van der Waals surface area contributed by atoms with E-state index in [1.807, 2.05) is 42.5 Å². The number of hydrogen-bond acceptors (Lipinski definition) is 4. The second kappa shape index (κ2) is 9.14. The number of aromatic hydroxyl groups is 1. The fourth-order valence-corrected chi connectivity index (χ4v) is 3.06. The number of phenolic OH excluding ortho intramolecular Hbond substituents is 1. The second-order valence-electron chi connectivity index (χ2n) is 6.07. The Kier molecular flexibility index (Phi) is 6.39. The number of benzene rings is 3. The van der Waals surface area contributed by atoms with Crippen molar-refractivity contribution < 1.29 is 14.7 Å². The lowest BCUT2D eigenvalue weighted by molar-refractivity contribution is -0.124. The van der Waals surface area contributed by atoms with Gasteiger partial charge in [0.25, 0.3) is 0 Å². The molecule has 142 valence electrons. The molecular weight excluding hydrogens is 422 g/mol. The highest BCUT2D eigenvalue weighted by atomic mass is 79.9. The van der Waals surface area contributed by atoms with Crippen LogP contribution in [0.3, 0.4) is 0 Å². The predicted octanol–water partition coefficient (Wildman–Crippen LogP) is 4.18. The molecule has 0 radical (unpaired) electrons. The summed E-state index contributed by atoms with van der Waals surface area (Å²) < 4.78 is 0.856. The van der Waals surface area contributed by atoms with Crippen LogP contribution in [-0.2, 0) is 9.59 Å². The Morgan fingerprint density at radius 1 is 1.00 bits per heavy atom. The van der Waals surface area contributed by atoms with Crippen molar-refractivity contribution in [2.75, 3.05) is 5.32 Å². The van der Waals surface area contributed by atoms with Crippen LogP contribution in [0.2, 0.25) is 0 Å². The summed E-state index contributed by atoms with van der Waals surface area (Å²) in [6.07, 6.45) is 1.43. The number of rotatable bonds is 6. The number of hydrogen-bond donors (Lipinski definition) is 3. The van der Waals surface area contributed by atoms with Gasteiger partial charge in [-0.05, 0) is 35.0 Å². The molecule has 0 saturated carbocycles. The second-order valence-corrected chi connectivity index (χ2v) is 6.99. The van der Waals surface area contributed by atoms with Crippen LogP contribution in [0, 0.1) is 0 Å². The first-order chi connectivity index (χ1) is 13.5. The molecule has 0 saturated heterocycles. The lowest BCUT2D eigenvalue weighted by atomic mass is 10.0. The highest BCUT2D eigenvalue weighted by Gasteiger charge is 2.08. The first-order valence-electron chi connectivity index (χ1n) is 8.61. The van der Waals surface area contributed by atoms with E-state index in [0.717, 1.165) is 15.2 Å². The maximum Gasteiger partial charge on any atom is 0.240 e. The maximum atomic E-state index is 11.9. The quantitative estimate of drug-likeness (QED) is 0.397. The van der Waals surface area contributed by atoms with E-state index >= 15 is 0 Å². The van der Waals surface area contributed by atoms with Gasteiger partial charge in [0, 0.05) is 28.6 Å². The van der Waals surface area contributed by atoms with Gasteiger partial charge in [0.15, 0.2) is 0 Å². The summed E-state index contributed by atoms with van der Waals surface area (Å²) in [7, 11) is 0. The van der Waals surface area contributed by atoms with Crippen molar-refractivity contribution in [2.24, 2.45) is 5.10 Å². The summed E-state index contributed by atoms with van der Waals surface area (Å²) in [6.45, 7) is 0. The van der Waals surface area contributed by atoms with Crippen LogP contribution in [0.5, 0.6) is 5.75 Å². The highest BCUT2D eigenvalue weighted by molar-refractivity contribution is 9.10. The number of halogens is 1. The SMILES string of the molecule is O=C(CCC(=O)Nc1cccc(Br)c1)N/N=C/c1c(O)ccc2ccccc12. The zero-order valence-corrected chi connectivity index (χ0v) is 16.4. The molecule has 3 aromatic rings. The smallest absolute Gasteiger partial charge is 0.240 e. The molecule has 6 nitrogen and oxygen atoms in total. The Bertz CT molecular complexity index is 1050. The third kappa shape index (κ3) is 5.17. The molecule has 0 spiro atoms. The minimum Gasteiger partial charge on any atom is -0.507 e. The molecule has 0 bridgehead atoms. The number of carbonyl (C=O) groups is 2. The van der Waals surface area contributed by atoms with E-state index < -0.39 is 0 Å². The van der Waals surface area contributed by atoms with Gasteiger partial charge >= 0.3 is 0 Å². The molecule has 0 unspecified atom stereocenters. The molecule has 0 atom stereocenters. The van der Waals surface area contributed by atoms with E-state index in [4.69, 9.17) is 0 Å². The van der Waals surface area contributed by atoms with Crippen LogP contribution >= 0.6 is 15.9 Å². The summed E-state index contributed by atoms with van der Waals surface area (Å²) in [5.74, 6) is -0.575. The van der Waals surface area contributed by atoms with Gasteiger partial charge in [0.05, 0.1) is 6.21 Å². The van der Waals surface area contributed by atoms with Crippen molar-refractivity contribution in [2.45, 2.75) is 12.8 Å². The minimum atomic E-state index is -0.389. The summed E-state index contributed by atoms with van der Waals surface area (Å²) >= 11 is 3.33. The number of nitrogens with zero attached hydrogens (tertiary/aromatic N) is 1. The molecule has 0 aliphatic rings. The van der Waals surface area contributed by atoms with E-state index in [0.29, 0.717) is 11.3 Å². The molecule has 0 aliphatic carbocycles. The van der Waals surface area contributed by atoms with Crippen LogP contribution in [0.1, 0.15) is 18.4 Å². The van der Waals surface area contributed by atoms with Crippen molar-refractivity contribution in [1.29, 1.82) is 0 Å². The molecule has 2 amide bonds. The molecule has 3 aromatic carbocycles. The van der Waals surface area contributed by atoms with Crippen molar-refractivity contribution in [3.63, 3.8) is 0 Å². The Labute approximate surface area is 170 Å². The topological polar surface area (TPSA) is 90.8 Å². The van der Waals surface area contributed by atoms with Gasteiger partial charge in [-0.15, -0.1) is 0 Å². The summed E-state index contributed by atoms with van der Waals surface area (Å²) in [4.78, 5) is 23.9. The molecular formula is C21H18BrN3O3. The third-order valence-electron chi connectivity index (χ3n) is 4.02. The molecule has 0 fully saturated rings. The van der Waals surface area contributed by atoms with E-state index in [1.165, 1.54) is 6.21 Å². The summed E-state index contributed by atoms with van der Waals surface area (Å²) in [6, 6.07) is 18.2. The van der Waals surface area contributed by atoms with Crippen LogP contribution in [0.15, 0.2) is 70.2 Å². The number of fused-ring (bicyclic) bond motifs is 1. The van der Waals surface area contributed by atoms with Crippen molar-refractivity contribution >= 4 is 50.4 Å². The van der Waals surface area contributed by atoms with Crippen LogP contribution < -0.4 is 10.7 Å². The average Bonchev–Trinajstić information content (AvgIpc) is 2.68. The maximum absolute atomic E-state index is 11.9. The zero-order chi connectivity index (χ0) is 19.9. The van der Waals surface area contributed by atoms with E-state index in [9.17, 15) is 14.7 Å². The fraction of sp³-hybridized carbons (Fsp3) is 0.0952. The fourth-order valence-electron chi connectivity index (χ4n) is 2.66. The van der Waals surface area contributed by atoms with Gasteiger partial charge in [-0.1, -0.05) is 52.3 Å². The lowest BCUT2D eigenvalue weighted by Crippen LogP contribution is -2.20. The third-order valence-corrected chi connectivity index (χ3v) is 4.51. The lowest BCUT2D eigenvalue weighted by Gasteiger charge is -2.06. The zero-order valence-electron chi connectivity index (χ0n) is 14.9. The van der Waals surface area contributed by atoms with E-state index in [-0.39, 0.29) is 30.4 Å². The Morgan fingerprint density at radius 3 is 2.61 bits per heavy atom. The van der Waals surface area contributed by atoms with E-state index in [2.05, 4.69) is 31.8 Å². The number of phenols is 1. The van der Waals surface area contributed by atoms with Gasteiger partial charge in [-0.25, -0.2) is 5.43 Å². The molecule has 28 heavy (non-hydrogen) atoms. The van der Waals surface area contributed by atoms with E-state index in [1.54, 1.807) is 18.2 Å².